The summed E-state index contributed by atoms with van der Waals surface area (Å²) in [6, 6.07) is 12.3. The van der Waals surface area contributed by atoms with Crippen LogP contribution in [0.5, 0.6) is 11.5 Å². The normalized spacial score (nSPS) is 11.3. The van der Waals surface area contributed by atoms with Crippen LogP contribution in [0.3, 0.4) is 0 Å². The van der Waals surface area contributed by atoms with Gasteiger partial charge >= 0.3 is 11.9 Å². The molecule has 0 fully saturated rings. The molecule has 0 saturated carbocycles. The number of hydrogen-bond acceptors (Lipinski definition) is 4. The van der Waals surface area contributed by atoms with Crippen molar-refractivity contribution in [3.05, 3.63) is 59.7 Å². The molecule has 144 valence electrons. The second-order valence-electron chi connectivity index (χ2n) is 6.62. The molecule has 2 aromatic carbocycles. The molecule has 0 aromatic heterocycles. The molecule has 6 nitrogen and oxygen atoms in total. The predicted octanol–water partition coefficient (Wildman–Crippen LogP) is 3.89. The van der Waals surface area contributed by atoms with Gasteiger partial charge in [-0.15, -0.1) is 0 Å². The van der Waals surface area contributed by atoms with E-state index in [9.17, 15) is 24.9 Å². The molecule has 0 aliphatic heterocycles. The van der Waals surface area contributed by atoms with E-state index in [1.165, 1.54) is 24.3 Å². The molecular formula is C21H24O6. The van der Waals surface area contributed by atoms with Gasteiger partial charge in [-0.2, -0.15) is 0 Å². The summed E-state index contributed by atoms with van der Waals surface area (Å²) in [5, 5.41) is 38.6. The summed E-state index contributed by atoms with van der Waals surface area (Å²) >= 11 is 0. The van der Waals surface area contributed by atoms with Crippen LogP contribution >= 0.6 is 0 Å². The second kappa shape index (κ2) is 9.07. The van der Waals surface area contributed by atoms with E-state index in [1.54, 1.807) is 24.3 Å². The first-order chi connectivity index (χ1) is 12.9. The van der Waals surface area contributed by atoms with Gasteiger partial charge in [0, 0.05) is 6.42 Å². The number of unbranched alkanes of at least 4 members (excludes halogenated alkanes) is 3. The van der Waals surface area contributed by atoms with Crippen LogP contribution in [0.25, 0.3) is 0 Å². The highest BCUT2D eigenvalue weighted by Crippen LogP contribution is 2.40. The monoisotopic (exact) mass is 372 g/mol. The van der Waals surface area contributed by atoms with E-state index in [0.29, 0.717) is 36.8 Å². The number of aliphatic carboxylic acids is 2. The van der Waals surface area contributed by atoms with Gasteiger partial charge in [0.05, 0.1) is 0 Å². The van der Waals surface area contributed by atoms with Crippen LogP contribution in [0, 0.1) is 0 Å². The highest BCUT2D eigenvalue weighted by molar-refractivity contribution is 5.86. The molecule has 0 radical (unpaired) electrons. The topological polar surface area (TPSA) is 115 Å². The quantitative estimate of drug-likeness (QED) is 0.470. The number of hydrogen-bond donors (Lipinski definition) is 4. The Morgan fingerprint density at radius 3 is 1.74 bits per heavy atom. The largest absolute Gasteiger partial charge is 0.508 e. The van der Waals surface area contributed by atoms with Gasteiger partial charge in [0.1, 0.15) is 16.9 Å². The minimum Gasteiger partial charge on any atom is -0.508 e. The average molecular weight is 372 g/mol. The molecule has 2 rings (SSSR count). The molecular weight excluding hydrogens is 348 g/mol. The van der Waals surface area contributed by atoms with Gasteiger partial charge in [-0.1, -0.05) is 43.5 Å². The number of phenolic OH excluding ortho intramolecular Hbond substituents is 2. The number of carbonyl (C=O) groups is 2. The molecule has 0 spiro atoms. The number of aromatic hydroxyl groups is 2. The van der Waals surface area contributed by atoms with Gasteiger partial charge in [0.2, 0.25) is 0 Å². The van der Waals surface area contributed by atoms with E-state index < -0.39 is 17.4 Å². The Morgan fingerprint density at radius 1 is 0.778 bits per heavy atom. The lowest BCUT2D eigenvalue weighted by atomic mass is 9.71. The minimum atomic E-state index is -1.41. The Bertz CT molecular complexity index is 753. The van der Waals surface area contributed by atoms with Gasteiger partial charge in [-0.25, -0.2) is 0 Å². The van der Waals surface area contributed by atoms with Crippen LogP contribution in [-0.4, -0.2) is 32.4 Å². The lowest BCUT2D eigenvalue weighted by molar-refractivity contribution is -0.142. The van der Waals surface area contributed by atoms with Crippen molar-refractivity contribution < 1.29 is 30.0 Å². The van der Waals surface area contributed by atoms with E-state index >= 15 is 0 Å². The molecule has 0 aliphatic carbocycles. The molecule has 0 unspecified atom stereocenters. The first kappa shape index (κ1) is 20.3. The van der Waals surface area contributed by atoms with Gasteiger partial charge in [-0.3, -0.25) is 9.59 Å². The maximum atomic E-state index is 12.4. The van der Waals surface area contributed by atoms with Crippen LogP contribution in [-0.2, 0) is 15.0 Å². The maximum Gasteiger partial charge on any atom is 0.318 e. The van der Waals surface area contributed by atoms with Crippen molar-refractivity contribution in [3.8, 4) is 11.5 Å². The average Bonchev–Trinajstić information content (AvgIpc) is 2.60. The number of carboxylic acids is 2. The lowest BCUT2D eigenvalue weighted by Crippen LogP contribution is -2.37. The smallest absolute Gasteiger partial charge is 0.318 e. The van der Waals surface area contributed by atoms with E-state index in [4.69, 9.17) is 5.11 Å². The Hall–Kier alpha value is -3.02. The molecule has 0 aliphatic rings. The van der Waals surface area contributed by atoms with Crippen LogP contribution < -0.4 is 0 Å². The van der Waals surface area contributed by atoms with E-state index in [2.05, 4.69) is 0 Å². The SMILES string of the molecule is O=C(O)CCCCCCC(C(=O)O)(c1cccc(O)c1)c1cccc(O)c1. The molecule has 0 amide bonds. The van der Waals surface area contributed by atoms with Crippen molar-refractivity contribution in [1.29, 1.82) is 0 Å². The Balaban J connectivity index is 2.32. The zero-order valence-corrected chi connectivity index (χ0v) is 15.0. The number of benzene rings is 2. The van der Waals surface area contributed by atoms with Gasteiger partial charge in [0.25, 0.3) is 0 Å². The molecule has 6 heteroatoms. The van der Waals surface area contributed by atoms with Crippen molar-refractivity contribution in [2.24, 2.45) is 0 Å². The molecule has 0 saturated heterocycles. The summed E-state index contributed by atoms with van der Waals surface area (Å²) in [6.45, 7) is 0. The summed E-state index contributed by atoms with van der Waals surface area (Å²) in [6.07, 6.45) is 2.87. The van der Waals surface area contributed by atoms with E-state index in [1.807, 2.05) is 0 Å². The van der Waals surface area contributed by atoms with Crippen molar-refractivity contribution >= 4 is 11.9 Å². The molecule has 2 aromatic rings. The van der Waals surface area contributed by atoms with Gasteiger partial charge in [-0.05, 0) is 48.2 Å². The third-order valence-electron chi connectivity index (χ3n) is 4.74. The first-order valence-corrected chi connectivity index (χ1v) is 8.90. The number of carboxylic acid groups (broad SMARTS) is 2. The summed E-state index contributed by atoms with van der Waals surface area (Å²) < 4.78 is 0. The van der Waals surface area contributed by atoms with Crippen LogP contribution in [0.4, 0.5) is 0 Å². The second-order valence-corrected chi connectivity index (χ2v) is 6.62. The molecule has 0 atom stereocenters. The summed E-state index contributed by atoms with van der Waals surface area (Å²) in [7, 11) is 0. The van der Waals surface area contributed by atoms with Crippen molar-refractivity contribution in [3.63, 3.8) is 0 Å². The summed E-state index contributed by atoms with van der Waals surface area (Å²) in [4.78, 5) is 23.0. The third kappa shape index (κ3) is 5.00. The van der Waals surface area contributed by atoms with E-state index in [0.717, 1.165) is 0 Å². The van der Waals surface area contributed by atoms with Crippen molar-refractivity contribution in [1.82, 2.24) is 0 Å². The standard InChI is InChI=1S/C21H24O6/c22-17-9-5-7-15(13-17)21(20(26)27,16-8-6-10-18(23)14-16)12-4-2-1-3-11-19(24)25/h5-10,13-14,22-23H,1-4,11-12H2,(H,24,25)(H,26,27). The summed E-state index contributed by atoms with van der Waals surface area (Å²) in [5.41, 5.74) is -0.540. The molecule has 4 N–H and O–H groups in total. The molecule has 0 bridgehead atoms. The Morgan fingerprint density at radius 2 is 1.30 bits per heavy atom. The zero-order chi connectivity index (χ0) is 19.9. The highest BCUT2D eigenvalue weighted by atomic mass is 16.4. The third-order valence-corrected chi connectivity index (χ3v) is 4.74. The zero-order valence-electron chi connectivity index (χ0n) is 15.0. The van der Waals surface area contributed by atoms with Crippen molar-refractivity contribution in [2.75, 3.05) is 0 Å². The fraction of sp³-hybridized carbons (Fsp3) is 0.333. The predicted molar refractivity (Wildman–Crippen MR) is 100.0 cm³/mol. The Kier molecular flexibility index (Phi) is 6.82. The highest BCUT2D eigenvalue weighted by Gasteiger charge is 2.42. The van der Waals surface area contributed by atoms with E-state index in [-0.39, 0.29) is 24.3 Å². The number of phenols is 2. The minimum absolute atomic E-state index is 0.0280. The summed E-state index contributed by atoms with van der Waals surface area (Å²) in [5.74, 6) is -1.96. The molecule has 27 heavy (non-hydrogen) atoms. The Labute approximate surface area is 157 Å². The van der Waals surface area contributed by atoms with Gasteiger partial charge in [0.15, 0.2) is 0 Å². The fourth-order valence-electron chi connectivity index (χ4n) is 3.37. The van der Waals surface area contributed by atoms with Gasteiger partial charge < -0.3 is 20.4 Å². The number of rotatable bonds is 10. The first-order valence-electron chi connectivity index (χ1n) is 8.90. The van der Waals surface area contributed by atoms with Crippen molar-refractivity contribution in [2.45, 2.75) is 43.9 Å². The molecule has 0 heterocycles. The fourth-order valence-corrected chi connectivity index (χ4v) is 3.37. The lowest BCUT2D eigenvalue weighted by Gasteiger charge is -2.31. The van der Waals surface area contributed by atoms with Crippen LogP contribution in [0.2, 0.25) is 0 Å². The van der Waals surface area contributed by atoms with Crippen LogP contribution in [0.1, 0.15) is 49.7 Å². The van der Waals surface area contributed by atoms with Crippen LogP contribution in [0.15, 0.2) is 48.5 Å². The maximum absolute atomic E-state index is 12.4.